The molecule has 8 rings (SSSR count). The van der Waals surface area contributed by atoms with Crippen LogP contribution < -0.4 is 11.0 Å². The Kier molecular flexibility index (Phi) is 8.51. The maximum atomic E-state index is 14.3. The first-order valence-corrected chi connectivity index (χ1v) is 18.5. The molecule has 3 aromatic heterocycles. The summed E-state index contributed by atoms with van der Waals surface area (Å²) in [5.41, 5.74) is 13.1. The van der Waals surface area contributed by atoms with Crippen LogP contribution >= 0.6 is 9.24 Å². The first kappa shape index (κ1) is 32.5. The number of likely N-dealkylation sites (tertiary alicyclic amines) is 2. The highest BCUT2D eigenvalue weighted by atomic mass is 31.0. The van der Waals surface area contributed by atoms with Gasteiger partial charge in [0.2, 0.25) is 5.91 Å². The number of nitrogens with zero attached hydrogens (tertiary/aromatic N) is 5. The number of hydrogen-bond acceptors (Lipinski definition) is 5. The quantitative estimate of drug-likeness (QED) is 0.256. The Balaban J connectivity index is 1.11. The number of allylic oxidation sites excluding steroid dienone is 2. The number of aliphatic hydroxyl groups excluding tert-OH is 1. The van der Waals surface area contributed by atoms with Gasteiger partial charge < -0.3 is 25.2 Å². The van der Waals surface area contributed by atoms with Crippen LogP contribution in [0.25, 0.3) is 27.8 Å². The topological polar surface area (TPSA) is 109 Å². The molecule has 2 aliphatic heterocycles. The Bertz CT molecular complexity index is 1960. The number of fused-ring (bicyclic) bond motifs is 2. The number of nitrogens with two attached hydrogens (primary N) is 1. The third-order valence-corrected chi connectivity index (χ3v) is 11.7. The van der Waals surface area contributed by atoms with Crippen molar-refractivity contribution in [3.8, 4) is 11.4 Å². The van der Waals surface area contributed by atoms with Crippen LogP contribution in [-0.2, 0) is 11.3 Å². The largest absolute Gasteiger partial charge is 0.513 e. The van der Waals surface area contributed by atoms with Crippen LogP contribution in [0.5, 0.6) is 0 Å². The number of rotatable bonds is 6. The molecule has 2 amide bonds. The van der Waals surface area contributed by atoms with Crippen molar-refractivity contribution in [1.29, 1.82) is 0 Å². The minimum absolute atomic E-state index is 0.0234. The number of aromatic nitrogens is 3. The minimum Gasteiger partial charge on any atom is -0.513 e. The molecule has 2 aliphatic carbocycles. The standard InChI is InChI=1S/C38H46FN6O3P/c1-22-34(41-45-19-27(16-33(49)35(22)45)38(48)43-20-28(39)17-29(40)21-43)32-15-26-3-2-4-31(36(26)44(32)18-23-5-6-23)24-11-13-42(14-12-24)37(47)25-7-9-30(46)10-8-25/h2-4,9,15-16,19,23-25,28-29,46H,5-8,10-14,17-18,20-21,40,49H2,1H3/t25?,28-,29?/m1/s1. The molecule has 1 aromatic carbocycles. The molecule has 4 atom stereocenters. The summed E-state index contributed by atoms with van der Waals surface area (Å²) in [6.07, 6.45) is 8.99. The smallest absolute Gasteiger partial charge is 0.255 e. The van der Waals surface area contributed by atoms with Crippen LogP contribution in [0.3, 0.4) is 0 Å². The zero-order valence-corrected chi connectivity index (χ0v) is 29.3. The number of aryl methyl sites for hydroxylation is 1. The second-order valence-corrected chi connectivity index (χ2v) is 15.5. The average molecular weight is 685 g/mol. The summed E-state index contributed by atoms with van der Waals surface area (Å²) in [6, 6.07) is 10.4. The van der Waals surface area contributed by atoms with Gasteiger partial charge in [0.15, 0.2) is 0 Å². The van der Waals surface area contributed by atoms with Crippen molar-refractivity contribution >= 4 is 42.8 Å². The lowest BCUT2D eigenvalue weighted by atomic mass is 9.86. The summed E-state index contributed by atoms with van der Waals surface area (Å²) < 4.78 is 18.6. The van der Waals surface area contributed by atoms with Crippen LogP contribution in [0.2, 0.25) is 0 Å². The van der Waals surface area contributed by atoms with Crippen LogP contribution in [0, 0.1) is 18.8 Å². The third-order valence-electron chi connectivity index (χ3n) is 11.3. The summed E-state index contributed by atoms with van der Waals surface area (Å²) in [7, 11) is 2.77. The maximum absolute atomic E-state index is 14.3. The fourth-order valence-corrected chi connectivity index (χ4v) is 9.02. The zero-order valence-electron chi connectivity index (χ0n) is 28.2. The summed E-state index contributed by atoms with van der Waals surface area (Å²) in [5.74, 6) is 1.38. The van der Waals surface area contributed by atoms with Crippen LogP contribution in [0.1, 0.15) is 78.8 Å². The van der Waals surface area contributed by atoms with E-state index in [4.69, 9.17) is 10.8 Å². The van der Waals surface area contributed by atoms with E-state index >= 15 is 0 Å². The number of hydrogen-bond donors (Lipinski definition) is 2. The first-order chi connectivity index (χ1) is 23.6. The highest BCUT2D eigenvalue weighted by Crippen LogP contribution is 2.41. The number of carbonyl (C=O) groups excluding carboxylic acids is 2. The molecule has 1 saturated carbocycles. The SMILES string of the molecule is Cc1c(-c2cc3cccc(C4CCN(C(=O)C5CC=C(O)CC5)CC4)c3n2CC2CC2)nn2cc(C(=O)N3CC(N)C[C@@H](F)C3)cc(P)c12. The van der Waals surface area contributed by atoms with Crippen LogP contribution in [0.15, 0.2) is 48.4 Å². The average Bonchev–Trinajstić information content (AvgIpc) is 3.75. The number of aliphatic hydroxyl groups is 1. The Labute approximate surface area is 288 Å². The molecular weight excluding hydrogens is 638 g/mol. The summed E-state index contributed by atoms with van der Waals surface area (Å²) in [5, 5.41) is 17.0. The Morgan fingerprint density at radius 3 is 2.57 bits per heavy atom. The van der Waals surface area contributed by atoms with E-state index in [1.54, 1.807) is 6.20 Å². The molecule has 2 saturated heterocycles. The fraction of sp³-hybridized carbons (Fsp3) is 0.500. The van der Waals surface area contributed by atoms with E-state index < -0.39 is 6.17 Å². The Hall–Kier alpha value is -3.75. The van der Waals surface area contributed by atoms with E-state index in [9.17, 15) is 19.1 Å². The molecule has 3 fully saturated rings. The van der Waals surface area contributed by atoms with Gasteiger partial charge in [-0.05, 0) is 92.8 Å². The summed E-state index contributed by atoms with van der Waals surface area (Å²) in [6.45, 7) is 4.93. The minimum atomic E-state index is -1.12. The van der Waals surface area contributed by atoms with Crippen molar-refractivity contribution in [1.82, 2.24) is 24.0 Å². The van der Waals surface area contributed by atoms with Gasteiger partial charge in [-0.25, -0.2) is 8.91 Å². The second-order valence-electron chi connectivity index (χ2n) is 14.9. The molecule has 4 aromatic rings. The van der Waals surface area contributed by atoms with Crippen molar-refractivity contribution in [2.45, 2.75) is 83.0 Å². The number of benzene rings is 1. The molecule has 3 unspecified atom stereocenters. The van der Waals surface area contributed by atoms with Gasteiger partial charge in [-0.1, -0.05) is 18.2 Å². The molecule has 11 heteroatoms. The number of carbonyl (C=O) groups is 2. The summed E-state index contributed by atoms with van der Waals surface area (Å²) >= 11 is 0. The van der Waals surface area contributed by atoms with E-state index in [1.807, 2.05) is 21.6 Å². The number of para-hydroxylation sites is 1. The number of halogens is 1. The van der Waals surface area contributed by atoms with Crippen molar-refractivity contribution < 1.29 is 19.1 Å². The molecule has 49 heavy (non-hydrogen) atoms. The van der Waals surface area contributed by atoms with E-state index in [1.165, 1.54) is 34.2 Å². The van der Waals surface area contributed by atoms with E-state index in [0.717, 1.165) is 66.7 Å². The lowest BCUT2D eigenvalue weighted by Gasteiger charge is -2.35. The monoisotopic (exact) mass is 684 g/mol. The molecular formula is C38H46FN6O3P. The Morgan fingerprint density at radius 2 is 1.86 bits per heavy atom. The van der Waals surface area contributed by atoms with Crippen molar-refractivity contribution in [3.05, 3.63) is 65.1 Å². The molecule has 3 N–H and O–H groups in total. The normalized spacial score (nSPS) is 23.8. The lowest BCUT2D eigenvalue weighted by molar-refractivity contribution is -0.137. The first-order valence-electron chi connectivity index (χ1n) is 17.9. The van der Waals surface area contributed by atoms with Gasteiger partial charge in [-0.2, -0.15) is 5.10 Å². The number of pyridine rings is 1. The van der Waals surface area contributed by atoms with Crippen LogP contribution in [-0.4, -0.2) is 79.3 Å². The second kappa shape index (κ2) is 12.9. The number of alkyl halides is 1. The van der Waals surface area contributed by atoms with E-state index in [2.05, 4.69) is 45.0 Å². The third kappa shape index (κ3) is 6.16. The molecule has 0 bridgehead atoms. The molecule has 0 spiro atoms. The van der Waals surface area contributed by atoms with E-state index in [-0.39, 0.29) is 36.7 Å². The number of amides is 2. The molecule has 258 valence electrons. The van der Waals surface area contributed by atoms with Gasteiger partial charge in [0.05, 0.1) is 34.6 Å². The predicted octanol–water partition coefficient (Wildman–Crippen LogP) is 5.63. The van der Waals surface area contributed by atoms with Crippen molar-refractivity contribution in [2.75, 3.05) is 26.2 Å². The van der Waals surface area contributed by atoms with Gasteiger partial charge in [0.1, 0.15) is 11.9 Å². The maximum Gasteiger partial charge on any atom is 0.255 e. The van der Waals surface area contributed by atoms with E-state index in [0.29, 0.717) is 42.5 Å². The summed E-state index contributed by atoms with van der Waals surface area (Å²) in [4.78, 5) is 30.4. The van der Waals surface area contributed by atoms with Crippen molar-refractivity contribution in [2.24, 2.45) is 17.6 Å². The van der Waals surface area contributed by atoms with Gasteiger partial charge in [0.25, 0.3) is 5.91 Å². The molecule has 0 radical (unpaired) electrons. The fourth-order valence-electron chi connectivity index (χ4n) is 8.49. The lowest BCUT2D eigenvalue weighted by Crippen LogP contribution is -2.50. The Morgan fingerprint density at radius 1 is 1.06 bits per heavy atom. The molecule has 5 heterocycles. The number of piperidine rings is 2. The van der Waals surface area contributed by atoms with Gasteiger partial charge in [-0.3, -0.25) is 9.59 Å². The predicted molar refractivity (Wildman–Crippen MR) is 193 cm³/mol. The van der Waals surface area contributed by atoms with Gasteiger partial charge in [0, 0.05) is 61.7 Å². The van der Waals surface area contributed by atoms with Crippen molar-refractivity contribution in [3.63, 3.8) is 0 Å². The molecule has 4 aliphatic rings. The highest BCUT2D eigenvalue weighted by molar-refractivity contribution is 7.28. The molecule has 9 nitrogen and oxygen atoms in total. The zero-order chi connectivity index (χ0) is 34.0. The van der Waals surface area contributed by atoms with Gasteiger partial charge >= 0.3 is 0 Å². The van der Waals surface area contributed by atoms with Crippen LogP contribution in [0.4, 0.5) is 4.39 Å². The highest BCUT2D eigenvalue weighted by Gasteiger charge is 2.33. The van der Waals surface area contributed by atoms with Gasteiger partial charge in [-0.15, -0.1) is 9.24 Å².